The highest BCUT2D eigenvalue weighted by Gasteiger charge is 2.23. The smallest absolute Gasteiger partial charge is 0.152 e. The average molecular weight is 178 g/mol. The van der Waals surface area contributed by atoms with Gasteiger partial charge in [0.15, 0.2) is 5.78 Å². The topological polar surface area (TPSA) is 17.1 Å². The van der Waals surface area contributed by atoms with Gasteiger partial charge >= 0.3 is 0 Å². The second kappa shape index (κ2) is 3.91. The first kappa shape index (κ1) is 10.2. The molecular formula is C12H18O. The fourth-order valence-corrected chi connectivity index (χ4v) is 1.72. The lowest BCUT2D eigenvalue weighted by Gasteiger charge is -2.29. The van der Waals surface area contributed by atoms with Crippen molar-refractivity contribution < 1.29 is 4.79 Å². The normalized spacial score (nSPS) is 21.6. The van der Waals surface area contributed by atoms with Crippen molar-refractivity contribution in [1.82, 2.24) is 0 Å². The van der Waals surface area contributed by atoms with Gasteiger partial charge in [0.05, 0.1) is 0 Å². The van der Waals surface area contributed by atoms with Crippen molar-refractivity contribution in [1.29, 1.82) is 0 Å². The van der Waals surface area contributed by atoms with Gasteiger partial charge in [0.2, 0.25) is 0 Å². The van der Waals surface area contributed by atoms with E-state index in [-0.39, 0.29) is 11.2 Å². The third-order valence-corrected chi connectivity index (χ3v) is 2.65. The Bertz CT molecular complexity index is 256. The molecule has 0 aromatic rings. The number of hydrogen-bond acceptors (Lipinski definition) is 1. The predicted molar refractivity (Wildman–Crippen MR) is 55.5 cm³/mol. The maximum absolute atomic E-state index is 10.8. The number of hydrogen-bond donors (Lipinski definition) is 0. The van der Waals surface area contributed by atoms with Crippen LogP contribution in [0.15, 0.2) is 23.8 Å². The zero-order valence-electron chi connectivity index (χ0n) is 8.76. The lowest BCUT2D eigenvalue weighted by Crippen LogP contribution is -2.16. The monoisotopic (exact) mass is 178 g/mol. The summed E-state index contributed by atoms with van der Waals surface area (Å²) in [6, 6.07) is 0. The predicted octanol–water partition coefficient (Wildman–Crippen LogP) is 3.27. The van der Waals surface area contributed by atoms with Crippen molar-refractivity contribution in [2.45, 2.75) is 40.0 Å². The van der Waals surface area contributed by atoms with Gasteiger partial charge in [-0.1, -0.05) is 26.0 Å². The van der Waals surface area contributed by atoms with Gasteiger partial charge in [-0.15, -0.1) is 0 Å². The van der Waals surface area contributed by atoms with Crippen LogP contribution in [0.5, 0.6) is 0 Å². The van der Waals surface area contributed by atoms with Gasteiger partial charge in [0.1, 0.15) is 0 Å². The van der Waals surface area contributed by atoms with Gasteiger partial charge in [-0.25, -0.2) is 0 Å². The third kappa shape index (κ3) is 2.83. The van der Waals surface area contributed by atoms with Crippen molar-refractivity contribution in [2.75, 3.05) is 0 Å². The van der Waals surface area contributed by atoms with E-state index in [1.807, 2.05) is 6.08 Å². The average Bonchev–Trinajstić information content (AvgIpc) is 2.01. The molecule has 72 valence electrons. The second-order valence-electron chi connectivity index (χ2n) is 4.38. The molecule has 0 atom stereocenters. The van der Waals surface area contributed by atoms with Gasteiger partial charge in [0.25, 0.3) is 0 Å². The Morgan fingerprint density at radius 2 is 2.23 bits per heavy atom. The number of ketones is 1. The molecule has 0 N–H and O–H groups in total. The molecule has 13 heavy (non-hydrogen) atoms. The highest BCUT2D eigenvalue weighted by atomic mass is 16.1. The molecule has 0 aliphatic heterocycles. The maximum Gasteiger partial charge on any atom is 0.152 e. The molecule has 0 radical (unpaired) electrons. The first-order chi connectivity index (χ1) is 6.02. The summed E-state index contributed by atoms with van der Waals surface area (Å²) in [5.41, 5.74) is 1.57. The second-order valence-corrected chi connectivity index (χ2v) is 4.38. The Morgan fingerprint density at radius 1 is 1.54 bits per heavy atom. The number of carbonyl (C=O) groups is 1. The molecule has 1 nitrogen and oxygen atoms in total. The van der Waals surface area contributed by atoms with Crippen molar-refractivity contribution in [2.24, 2.45) is 5.41 Å². The number of allylic oxidation sites excluding steroid dienone is 4. The molecule has 0 amide bonds. The van der Waals surface area contributed by atoms with Crippen molar-refractivity contribution in [3.8, 4) is 0 Å². The minimum Gasteiger partial charge on any atom is -0.295 e. The summed E-state index contributed by atoms with van der Waals surface area (Å²) in [4.78, 5) is 10.8. The van der Waals surface area contributed by atoms with Crippen LogP contribution in [0, 0.1) is 5.41 Å². The maximum atomic E-state index is 10.8. The molecule has 0 saturated heterocycles. The Hall–Kier alpha value is -0.850. The molecule has 0 bridgehead atoms. The fourth-order valence-electron chi connectivity index (χ4n) is 1.72. The summed E-state index contributed by atoms with van der Waals surface area (Å²) in [7, 11) is 0. The molecule has 1 aliphatic carbocycles. The molecule has 1 aliphatic rings. The van der Waals surface area contributed by atoms with E-state index < -0.39 is 0 Å². The van der Waals surface area contributed by atoms with Crippen molar-refractivity contribution in [3.05, 3.63) is 23.8 Å². The minimum absolute atomic E-state index is 0.127. The van der Waals surface area contributed by atoms with Crippen LogP contribution in [0.25, 0.3) is 0 Å². The van der Waals surface area contributed by atoms with E-state index in [2.05, 4.69) is 19.9 Å². The number of carbonyl (C=O) groups excluding carboxylic acids is 1. The summed E-state index contributed by atoms with van der Waals surface area (Å²) in [5, 5.41) is 0. The van der Waals surface area contributed by atoms with E-state index in [4.69, 9.17) is 0 Å². The quantitative estimate of drug-likeness (QED) is 0.593. The Labute approximate surface area is 80.5 Å². The van der Waals surface area contributed by atoms with Gasteiger partial charge in [-0.05, 0) is 43.3 Å². The van der Waals surface area contributed by atoms with E-state index in [0.717, 1.165) is 6.42 Å². The molecular weight excluding hydrogens is 160 g/mol. The van der Waals surface area contributed by atoms with Crippen LogP contribution >= 0.6 is 0 Å². The molecule has 0 aromatic carbocycles. The van der Waals surface area contributed by atoms with E-state index in [9.17, 15) is 4.79 Å². The SMILES string of the molecule is CC(=O)/C=C/C1=CCCCC1(C)C. The van der Waals surface area contributed by atoms with Crippen LogP contribution in [0.1, 0.15) is 40.0 Å². The molecule has 0 aromatic heterocycles. The molecule has 0 fully saturated rings. The van der Waals surface area contributed by atoms with Gasteiger partial charge in [0, 0.05) is 0 Å². The van der Waals surface area contributed by atoms with E-state index in [1.165, 1.54) is 18.4 Å². The summed E-state index contributed by atoms with van der Waals surface area (Å²) < 4.78 is 0. The van der Waals surface area contributed by atoms with Crippen molar-refractivity contribution >= 4 is 5.78 Å². The van der Waals surface area contributed by atoms with E-state index in [1.54, 1.807) is 13.0 Å². The van der Waals surface area contributed by atoms with E-state index in [0.29, 0.717) is 0 Å². The van der Waals surface area contributed by atoms with Crippen LogP contribution in [-0.2, 0) is 4.79 Å². The highest BCUT2D eigenvalue weighted by molar-refractivity contribution is 5.87. The van der Waals surface area contributed by atoms with Crippen LogP contribution in [-0.4, -0.2) is 5.78 Å². The van der Waals surface area contributed by atoms with Gasteiger partial charge in [-0.2, -0.15) is 0 Å². The standard InChI is InChI=1S/C12H18O/c1-10(13)7-8-11-6-4-5-9-12(11,2)3/h6-8H,4-5,9H2,1-3H3/b8-7+. The van der Waals surface area contributed by atoms with Crippen LogP contribution in [0.4, 0.5) is 0 Å². The first-order valence-corrected chi connectivity index (χ1v) is 4.92. The zero-order chi connectivity index (χ0) is 9.90. The van der Waals surface area contributed by atoms with Crippen LogP contribution < -0.4 is 0 Å². The molecule has 0 heterocycles. The molecule has 1 rings (SSSR count). The summed E-state index contributed by atoms with van der Waals surface area (Å²) in [6.07, 6.45) is 9.54. The zero-order valence-corrected chi connectivity index (χ0v) is 8.76. The highest BCUT2D eigenvalue weighted by Crippen LogP contribution is 2.37. The lowest BCUT2D eigenvalue weighted by atomic mass is 9.75. The molecule has 0 spiro atoms. The third-order valence-electron chi connectivity index (χ3n) is 2.65. The Balaban J connectivity index is 2.77. The summed E-state index contributed by atoms with van der Waals surface area (Å²) >= 11 is 0. The lowest BCUT2D eigenvalue weighted by molar-refractivity contribution is -0.112. The van der Waals surface area contributed by atoms with Crippen molar-refractivity contribution in [3.63, 3.8) is 0 Å². The van der Waals surface area contributed by atoms with Crippen LogP contribution in [0.3, 0.4) is 0 Å². The first-order valence-electron chi connectivity index (χ1n) is 4.92. The minimum atomic E-state index is 0.127. The Kier molecular flexibility index (Phi) is 3.07. The largest absolute Gasteiger partial charge is 0.295 e. The summed E-state index contributed by atoms with van der Waals surface area (Å²) in [5.74, 6) is 0.127. The number of rotatable bonds is 2. The molecule has 0 unspecified atom stereocenters. The molecule has 0 saturated carbocycles. The fraction of sp³-hybridized carbons (Fsp3) is 0.583. The van der Waals surface area contributed by atoms with Crippen LogP contribution in [0.2, 0.25) is 0 Å². The summed E-state index contributed by atoms with van der Waals surface area (Å²) in [6.45, 7) is 6.07. The van der Waals surface area contributed by atoms with Gasteiger partial charge in [-0.3, -0.25) is 4.79 Å². The Morgan fingerprint density at radius 3 is 2.77 bits per heavy atom. The van der Waals surface area contributed by atoms with Gasteiger partial charge < -0.3 is 0 Å². The molecule has 1 heteroatoms. The van der Waals surface area contributed by atoms with E-state index >= 15 is 0 Å².